The van der Waals surface area contributed by atoms with Gasteiger partial charge in [-0.25, -0.2) is 0 Å². The number of hydrogen-bond acceptors (Lipinski definition) is 3. The summed E-state index contributed by atoms with van der Waals surface area (Å²) in [6.07, 6.45) is 0.971. The maximum atomic E-state index is 11.6. The summed E-state index contributed by atoms with van der Waals surface area (Å²) in [5, 5.41) is 8.22. The van der Waals surface area contributed by atoms with Crippen molar-refractivity contribution in [1.82, 2.24) is 10.6 Å². The third-order valence-corrected chi connectivity index (χ3v) is 3.47. The van der Waals surface area contributed by atoms with Gasteiger partial charge in [-0.15, -0.1) is 11.3 Å². The Hall–Kier alpha value is -0.870. The topological polar surface area (TPSA) is 41.1 Å². The summed E-state index contributed by atoms with van der Waals surface area (Å²) >= 11 is 1.71. The number of amides is 1. The molecule has 0 fully saturated rings. The third-order valence-electron chi connectivity index (χ3n) is 2.41. The molecule has 0 radical (unpaired) electrons. The number of nitrogens with one attached hydrogen (secondary N) is 2. The van der Waals surface area contributed by atoms with Crippen molar-refractivity contribution in [2.24, 2.45) is 0 Å². The van der Waals surface area contributed by atoms with E-state index in [0.717, 1.165) is 13.0 Å². The lowest BCUT2D eigenvalue weighted by Crippen LogP contribution is -2.43. The maximum absolute atomic E-state index is 11.6. The van der Waals surface area contributed by atoms with Crippen molar-refractivity contribution < 1.29 is 4.79 Å². The van der Waals surface area contributed by atoms with E-state index in [2.05, 4.69) is 29.0 Å². The van der Waals surface area contributed by atoms with Crippen molar-refractivity contribution in [3.63, 3.8) is 0 Å². The van der Waals surface area contributed by atoms with Gasteiger partial charge >= 0.3 is 0 Å². The molecular weight excluding hydrogens is 220 g/mol. The maximum Gasteiger partial charge on any atom is 0.236 e. The van der Waals surface area contributed by atoms with Gasteiger partial charge in [-0.1, -0.05) is 13.0 Å². The van der Waals surface area contributed by atoms with E-state index in [1.165, 1.54) is 4.88 Å². The van der Waals surface area contributed by atoms with Crippen LogP contribution in [0.25, 0.3) is 0 Å². The van der Waals surface area contributed by atoms with Crippen LogP contribution < -0.4 is 10.6 Å². The molecule has 0 aliphatic rings. The summed E-state index contributed by atoms with van der Waals surface area (Å²) in [6, 6.07) is 4.19. The zero-order valence-electron chi connectivity index (χ0n) is 10.1. The second-order valence-corrected chi connectivity index (χ2v) is 4.90. The van der Waals surface area contributed by atoms with Gasteiger partial charge in [-0.05, 0) is 31.7 Å². The standard InChI is InChI=1S/C12H20N2OS/c1-4-7-13-12(15)10(3)14-9(2)11-6-5-8-16-11/h5-6,8-10,14H,4,7H2,1-3H3,(H,13,15)/t9-,10?/m0/s1. The molecule has 0 saturated heterocycles. The second-order valence-electron chi connectivity index (χ2n) is 3.92. The first-order valence-corrected chi connectivity index (χ1v) is 6.60. The van der Waals surface area contributed by atoms with Crippen molar-refractivity contribution in [2.75, 3.05) is 6.54 Å². The van der Waals surface area contributed by atoms with E-state index in [4.69, 9.17) is 0 Å². The van der Waals surface area contributed by atoms with Crippen LogP contribution in [0.3, 0.4) is 0 Å². The van der Waals surface area contributed by atoms with Crippen LogP contribution >= 0.6 is 11.3 Å². The molecule has 0 saturated carbocycles. The predicted octanol–water partition coefficient (Wildman–Crippen LogP) is 2.31. The van der Waals surface area contributed by atoms with E-state index >= 15 is 0 Å². The van der Waals surface area contributed by atoms with Gasteiger partial charge in [0.15, 0.2) is 0 Å². The monoisotopic (exact) mass is 240 g/mol. The summed E-state index contributed by atoms with van der Waals surface area (Å²) in [4.78, 5) is 12.9. The van der Waals surface area contributed by atoms with Crippen LogP contribution in [0.1, 0.15) is 38.1 Å². The van der Waals surface area contributed by atoms with Gasteiger partial charge in [-0.2, -0.15) is 0 Å². The quantitative estimate of drug-likeness (QED) is 0.801. The number of rotatable bonds is 6. The van der Waals surface area contributed by atoms with Gasteiger partial charge in [0.2, 0.25) is 5.91 Å². The lowest BCUT2D eigenvalue weighted by atomic mass is 10.2. The molecule has 3 nitrogen and oxygen atoms in total. The van der Waals surface area contributed by atoms with Crippen molar-refractivity contribution in [2.45, 2.75) is 39.3 Å². The van der Waals surface area contributed by atoms with Crippen molar-refractivity contribution in [3.05, 3.63) is 22.4 Å². The third kappa shape index (κ3) is 3.94. The highest BCUT2D eigenvalue weighted by Gasteiger charge is 2.15. The number of thiophene rings is 1. The fourth-order valence-electron chi connectivity index (χ4n) is 1.47. The van der Waals surface area contributed by atoms with E-state index in [9.17, 15) is 4.79 Å². The van der Waals surface area contributed by atoms with Crippen LogP contribution in [0.2, 0.25) is 0 Å². The molecule has 1 aromatic heterocycles. The smallest absolute Gasteiger partial charge is 0.236 e. The average molecular weight is 240 g/mol. The first-order chi connectivity index (χ1) is 7.65. The first-order valence-electron chi connectivity index (χ1n) is 5.72. The van der Waals surface area contributed by atoms with E-state index in [0.29, 0.717) is 0 Å². The molecule has 0 aliphatic carbocycles. The molecule has 0 spiro atoms. The minimum Gasteiger partial charge on any atom is -0.355 e. The van der Waals surface area contributed by atoms with E-state index in [-0.39, 0.29) is 18.0 Å². The fourth-order valence-corrected chi connectivity index (χ4v) is 2.22. The summed E-state index contributed by atoms with van der Waals surface area (Å²) in [7, 11) is 0. The largest absolute Gasteiger partial charge is 0.355 e. The highest BCUT2D eigenvalue weighted by atomic mass is 32.1. The highest BCUT2D eigenvalue weighted by Crippen LogP contribution is 2.18. The van der Waals surface area contributed by atoms with Crippen LogP contribution in [0.5, 0.6) is 0 Å². The molecule has 1 heterocycles. The van der Waals surface area contributed by atoms with Gasteiger partial charge < -0.3 is 5.32 Å². The van der Waals surface area contributed by atoms with Gasteiger partial charge in [0.25, 0.3) is 0 Å². The van der Waals surface area contributed by atoms with Crippen LogP contribution in [0.4, 0.5) is 0 Å². The Labute approximate surface area is 101 Å². The molecule has 1 amide bonds. The molecule has 1 aromatic rings. The molecule has 0 aromatic carbocycles. The van der Waals surface area contributed by atoms with Crippen molar-refractivity contribution in [1.29, 1.82) is 0 Å². The summed E-state index contributed by atoms with van der Waals surface area (Å²) in [5.74, 6) is 0.0743. The predicted molar refractivity (Wildman–Crippen MR) is 68.6 cm³/mol. The molecule has 2 N–H and O–H groups in total. The Morgan fingerprint density at radius 1 is 1.50 bits per heavy atom. The summed E-state index contributed by atoms with van der Waals surface area (Å²) < 4.78 is 0. The molecule has 1 rings (SSSR count). The number of carbonyl (C=O) groups is 1. The average Bonchev–Trinajstić information content (AvgIpc) is 2.79. The van der Waals surface area contributed by atoms with Crippen LogP contribution in [0, 0.1) is 0 Å². The lowest BCUT2D eigenvalue weighted by molar-refractivity contribution is -0.122. The Bertz CT molecular complexity index is 311. The minimum absolute atomic E-state index is 0.0743. The van der Waals surface area contributed by atoms with Gasteiger partial charge in [0.1, 0.15) is 0 Å². The molecular formula is C12H20N2OS. The van der Waals surface area contributed by atoms with Gasteiger partial charge in [-0.3, -0.25) is 10.1 Å². The van der Waals surface area contributed by atoms with Crippen molar-refractivity contribution in [3.8, 4) is 0 Å². The summed E-state index contributed by atoms with van der Waals surface area (Å²) in [5.41, 5.74) is 0. The molecule has 2 atom stereocenters. The second kappa shape index (κ2) is 6.66. The molecule has 0 aliphatic heterocycles. The number of carbonyl (C=O) groups excluding carboxylic acids is 1. The van der Waals surface area contributed by atoms with Crippen molar-refractivity contribution >= 4 is 17.2 Å². The molecule has 4 heteroatoms. The lowest BCUT2D eigenvalue weighted by Gasteiger charge is -2.18. The molecule has 16 heavy (non-hydrogen) atoms. The van der Waals surface area contributed by atoms with Gasteiger partial charge in [0, 0.05) is 17.5 Å². The van der Waals surface area contributed by atoms with E-state index in [1.807, 2.05) is 19.9 Å². The zero-order valence-corrected chi connectivity index (χ0v) is 10.9. The first kappa shape index (κ1) is 13.2. The Morgan fingerprint density at radius 3 is 2.81 bits per heavy atom. The minimum atomic E-state index is -0.149. The molecule has 0 bridgehead atoms. The number of hydrogen-bond donors (Lipinski definition) is 2. The SMILES string of the molecule is CCCNC(=O)C(C)N[C@@H](C)c1cccs1. The van der Waals surface area contributed by atoms with E-state index in [1.54, 1.807) is 11.3 Å². The Morgan fingerprint density at radius 2 is 2.25 bits per heavy atom. The molecule has 1 unspecified atom stereocenters. The van der Waals surface area contributed by atoms with Crippen LogP contribution in [-0.4, -0.2) is 18.5 Å². The highest BCUT2D eigenvalue weighted by molar-refractivity contribution is 7.10. The van der Waals surface area contributed by atoms with Gasteiger partial charge in [0.05, 0.1) is 6.04 Å². The van der Waals surface area contributed by atoms with Crippen LogP contribution in [-0.2, 0) is 4.79 Å². The normalized spacial score (nSPS) is 14.4. The zero-order chi connectivity index (χ0) is 12.0. The van der Waals surface area contributed by atoms with Crippen LogP contribution in [0.15, 0.2) is 17.5 Å². The Kier molecular flexibility index (Phi) is 5.49. The summed E-state index contributed by atoms with van der Waals surface area (Å²) in [6.45, 7) is 6.77. The Balaban J connectivity index is 2.38. The van der Waals surface area contributed by atoms with E-state index < -0.39 is 0 Å². The fraction of sp³-hybridized carbons (Fsp3) is 0.583. The molecule has 90 valence electrons.